The lowest BCUT2D eigenvalue weighted by atomic mass is 9.81. The Morgan fingerprint density at radius 3 is 2.56 bits per heavy atom. The smallest absolute Gasteiger partial charge is 0.144 e. The Morgan fingerprint density at radius 1 is 1.00 bits per heavy atom. The third-order valence-corrected chi connectivity index (χ3v) is 8.36. The lowest BCUT2D eigenvalue weighted by molar-refractivity contribution is 0.141. The van der Waals surface area contributed by atoms with Crippen LogP contribution in [0.25, 0.3) is 21.8 Å². The predicted molar refractivity (Wildman–Crippen MR) is 145 cm³/mol. The van der Waals surface area contributed by atoms with E-state index in [1.165, 1.54) is 42.1 Å². The topological polar surface area (TPSA) is 57.3 Å². The molecule has 3 heterocycles. The largest absolute Gasteiger partial charge is 0.494 e. The number of aryl methyl sites for hydroxylation is 1. The number of aromatic nitrogens is 2. The quantitative estimate of drug-likeness (QED) is 0.389. The van der Waals surface area contributed by atoms with Gasteiger partial charge in [0.05, 0.1) is 24.3 Å². The Kier molecular flexibility index (Phi) is 6.02. The Morgan fingerprint density at radius 2 is 1.81 bits per heavy atom. The van der Waals surface area contributed by atoms with Crippen molar-refractivity contribution in [3.05, 3.63) is 66.0 Å². The average molecular weight is 480 g/mol. The molecule has 0 radical (unpaired) electrons. The SMILES string of the molecule is COc1ccc2cccnc2c1N1CCN(C2CCC(c3cn(C)c4ccc(C#N)cc34)CC2)CC1. The van der Waals surface area contributed by atoms with Crippen molar-refractivity contribution in [2.75, 3.05) is 38.2 Å². The molecule has 6 heteroatoms. The minimum Gasteiger partial charge on any atom is -0.494 e. The number of methoxy groups -OCH3 is 1. The van der Waals surface area contributed by atoms with Gasteiger partial charge >= 0.3 is 0 Å². The van der Waals surface area contributed by atoms with E-state index >= 15 is 0 Å². The Balaban J connectivity index is 1.13. The van der Waals surface area contributed by atoms with Gasteiger partial charge in [-0.2, -0.15) is 5.26 Å². The molecule has 0 amide bonds. The summed E-state index contributed by atoms with van der Waals surface area (Å²) in [4.78, 5) is 9.85. The molecule has 1 aliphatic carbocycles. The van der Waals surface area contributed by atoms with Crippen LogP contribution in [0.15, 0.2) is 54.9 Å². The highest BCUT2D eigenvalue weighted by molar-refractivity contribution is 5.94. The zero-order valence-corrected chi connectivity index (χ0v) is 21.2. The molecule has 1 aliphatic heterocycles. The van der Waals surface area contributed by atoms with E-state index in [1.54, 1.807) is 7.11 Å². The molecule has 2 aromatic heterocycles. The lowest BCUT2D eigenvalue weighted by Gasteiger charge is -2.43. The van der Waals surface area contributed by atoms with E-state index in [4.69, 9.17) is 9.72 Å². The van der Waals surface area contributed by atoms with Crippen LogP contribution in [0.3, 0.4) is 0 Å². The summed E-state index contributed by atoms with van der Waals surface area (Å²) in [7, 11) is 3.86. The third kappa shape index (κ3) is 3.98. The molecule has 6 nitrogen and oxygen atoms in total. The number of ether oxygens (including phenoxy) is 1. The highest BCUT2D eigenvalue weighted by Gasteiger charge is 2.31. The summed E-state index contributed by atoms with van der Waals surface area (Å²) >= 11 is 0. The van der Waals surface area contributed by atoms with Crippen molar-refractivity contribution in [2.45, 2.75) is 37.6 Å². The predicted octanol–water partition coefficient (Wildman–Crippen LogP) is 5.46. The number of hydrogen-bond acceptors (Lipinski definition) is 5. The molecule has 1 saturated carbocycles. The maximum absolute atomic E-state index is 9.38. The van der Waals surface area contributed by atoms with Crippen LogP contribution >= 0.6 is 0 Å². The Hall–Kier alpha value is -3.56. The lowest BCUT2D eigenvalue weighted by Crippen LogP contribution is -2.51. The van der Waals surface area contributed by atoms with Crippen molar-refractivity contribution in [2.24, 2.45) is 7.05 Å². The normalized spacial score (nSPS) is 21.1. The summed E-state index contributed by atoms with van der Waals surface area (Å²) in [6.07, 6.45) is 9.05. The summed E-state index contributed by atoms with van der Waals surface area (Å²) in [6.45, 7) is 4.13. The van der Waals surface area contributed by atoms with Gasteiger partial charge in [0.1, 0.15) is 11.4 Å². The van der Waals surface area contributed by atoms with Gasteiger partial charge in [-0.1, -0.05) is 6.07 Å². The highest BCUT2D eigenvalue weighted by Crippen LogP contribution is 2.40. The minimum absolute atomic E-state index is 0.575. The standard InChI is InChI=1S/C30H33N5O/c1-33-20-26(25-18-21(19-31)5-11-27(25)33)22-6-9-24(10-7-22)34-14-16-35(17-15-34)30-28(36-2)12-8-23-4-3-13-32-29(23)30/h3-5,8,11-13,18,20,22,24H,6-7,9-10,14-17H2,1-2H3. The number of nitrogens with zero attached hydrogens (tertiary/aromatic N) is 5. The van der Waals surface area contributed by atoms with E-state index < -0.39 is 0 Å². The van der Waals surface area contributed by atoms with Crippen molar-refractivity contribution >= 4 is 27.5 Å². The zero-order valence-electron chi connectivity index (χ0n) is 21.2. The molecular formula is C30H33N5O. The first-order valence-corrected chi connectivity index (χ1v) is 13.1. The van der Waals surface area contributed by atoms with Crippen LogP contribution in [-0.2, 0) is 7.05 Å². The van der Waals surface area contributed by atoms with E-state index in [1.807, 2.05) is 18.3 Å². The Labute approximate surface area is 212 Å². The summed E-state index contributed by atoms with van der Waals surface area (Å²) in [6, 6.07) is 17.3. The molecule has 4 aromatic rings. The fraction of sp³-hybridized carbons (Fsp3) is 0.400. The molecule has 2 fully saturated rings. The van der Waals surface area contributed by atoms with Crippen LogP contribution in [0, 0.1) is 11.3 Å². The van der Waals surface area contributed by atoms with Gasteiger partial charge in [-0.05, 0) is 73.6 Å². The van der Waals surface area contributed by atoms with E-state index in [9.17, 15) is 5.26 Å². The van der Waals surface area contributed by atoms with E-state index in [-0.39, 0.29) is 0 Å². The second-order valence-electron chi connectivity index (χ2n) is 10.3. The van der Waals surface area contributed by atoms with Crippen LogP contribution in [-0.4, -0.2) is 53.8 Å². The van der Waals surface area contributed by atoms with Gasteiger partial charge in [0.25, 0.3) is 0 Å². The Bertz CT molecular complexity index is 1440. The number of hydrogen-bond donors (Lipinski definition) is 0. The van der Waals surface area contributed by atoms with E-state index in [0.717, 1.165) is 54.1 Å². The van der Waals surface area contributed by atoms with Crippen LogP contribution in [0.5, 0.6) is 5.75 Å². The molecule has 184 valence electrons. The molecule has 1 saturated heterocycles. The number of piperazine rings is 1. The number of pyridine rings is 1. The molecule has 6 rings (SSSR count). The van der Waals surface area contributed by atoms with Crippen molar-refractivity contribution in [3.63, 3.8) is 0 Å². The monoisotopic (exact) mass is 479 g/mol. The summed E-state index contributed by atoms with van der Waals surface area (Å²) in [5.41, 5.74) is 5.55. The van der Waals surface area contributed by atoms with Crippen molar-refractivity contribution in [3.8, 4) is 11.8 Å². The van der Waals surface area contributed by atoms with Crippen LogP contribution < -0.4 is 9.64 Å². The van der Waals surface area contributed by atoms with Gasteiger partial charge in [-0.15, -0.1) is 0 Å². The highest BCUT2D eigenvalue weighted by atomic mass is 16.5. The number of nitriles is 1. The average Bonchev–Trinajstić information content (AvgIpc) is 3.28. The number of rotatable bonds is 4. The number of benzene rings is 2. The molecule has 0 unspecified atom stereocenters. The van der Waals surface area contributed by atoms with Crippen LogP contribution in [0.1, 0.15) is 42.7 Å². The maximum Gasteiger partial charge on any atom is 0.144 e. The molecular weight excluding hydrogens is 446 g/mol. The second-order valence-corrected chi connectivity index (χ2v) is 10.3. The van der Waals surface area contributed by atoms with Crippen molar-refractivity contribution < 1.29 is 4.74 Å². The van der Waals surface area contributed by atoms with Gasteiger partial charge in [0.2, 0.25) is 0 Å². The molecule has 0 N–H and O–H groups in total. The molecule has 36 heavy (non-hydrogen) atoms. The fourth-order valence-corrected chi connectivity index (χ4v) is 6.46. The van der Waals surface area contributed by atoms with E-state index in [0.29, 0.717) is 12.0 Å². The van der Waals surface area contributed by atoms with Gasteiger partial charge in [-0.25, -0.2) is 0 Å². The third-order valence-electron chi connectivity index (χ3n) is 8.36. The molecule has 2 aliphatic rings. The molecule has 0 bridgehead atoms. The first-order chi connectivity index (χ1) is 17.7. The van der Waals surface area contributed by atoms with Crippen LogP contribution in [0.2, 0.25) is 0 Å². The first-order valence-electron chi connectivity index (χ1n) is 13.1. The minimum atomic E-state index is 0.575. The summed E-state index contributed by atoms with van der Waals surface area (Å²) in [5.74, 6) is 1.48. The molecule has 2 aromatic carbocycles. The van der Waals surface area contributed by atoms with Gasteiger partial charge < -0.3 is 14.2 Å². The fourth-order valence-electron chi connectivity index (χ4n) is 6.46. The van der Waals surface area contributed by atoms with E-state index in [2.05, 4.69) is 64.0 Å². The first kappa shape index (κ1) is 22.9. The number of fused-ring (bicyclic) bond motifs is 2. The van der Waals surface area contributed by atoms with Crippen molar-refractivity contribution in [1.82, 2.24) is 14.5 Å². The zero-order chi connectivity index (χ0) is 24.6. The summed E-state index contributed by atoms with van der Waals surface area (Å²) in [5, 5.41) is 11.8. The maximum atomic E-state index is 9.38. The number of anilines is 1. The van der Waals surface area contributed by atoms with Crippen molar-refractivity contribution in [1.29, 1.82) is 5.26 Å². The van der Waals surface area contributed by atoms with Crippen LogP contribution in [0.4, 0.5) is 5.69 Å². The molecule has 0 atom stereocenters. The molecule has 0 spiro atoms. The van der Waals surface area contributed by atoms with Gasteiger partial charge in [0.15, 0.2) is 0 Å². The van der Waals surface area contributed by atoms with Gasteiger partial charge in [-0.3, -0.25) is 9.88 Å². The van der Waals surface area contributed by atoms with Gasteiger partial charge in [0, 0.05) is 68.0 Å². The second kappa shape index (κ2) is 9.48. The summed E-state index contributed by atoms with van der Waals surface area (Å²) < 4.78 is 7.95.